The lowest BCUT2D eigenvalue weighted by Gasteiger charge is -2.43. The molecule has 22 heavy (non-hydrogen) atoms. The third kappa shape index (κ3) is 2.98. The molecule has 3 nitrogen and oxygen atoms in total. The van der Waals surface area contributed by atoms with Crippen LogP contribution in [0.15, 0.2) is 60.7 Å². The molecule has 0 atom stereocenters. The minimum Gasteiger partial charge on any atom is -0.298 e. The lowest BCUT2D eigenvalue weighted by molar-refractivity contribution is -0.920. The Morgan fingerprint density at radius 1 is 0.818 bits per heavy atom. The van der Waals surface area contributed by atoms with Gasteiger partial charge in [0.2, 0.25) is 0 Å². The summed E-state index contributed by atoms with van der Waals surface area (Å²) < 4.78 is 0. The molecule has 1 aliphatic rings. The normalized spacial score (nSPS) is 16.4. The van der Waals surface area contributed by atoms with Crippen LogP contribution >= 0.6 is 12.2 Å². The van der Waals surface area contributed by atoms with Crippen LogP contribution in [0.25, 0.3) is 0 Å². The van der Waals surface area contributed by atoms with Crippen molar-refractivity contribution in [3.8, 4) is 0 Å². The minimum atomic E-state index is 0.542. The first-order chi connectivity index (χ1) is 10.7. The van der Waals surface area contributed by atoms with E-state index in [0.29, 0.717) is 6.04 Å². The van der Waals surface area contributed by atoms with Crippen LogP contribution in [0.4, 0.5) is 11.4 Å². The third-order valence-corrected chi connectivity index (χ3v) is 4.58. The topological polar surface area (TPSA) is 10.9 Å². The van der Waals surface area contributed by atoms with Gasteiger partial charge < -0.3 is 0 Å². The molecule has 1 saturated heterocycles. The second-order valence-electron chi connectivity index (χ2n) is 5.94. The summed E-state index contributed by atoms with van der Waals surface area (Å²) >= 11 is 5.79. The van der Waals surface area contributed by atoms with Crippen molar-refractivity contribution < 1.29 is 4.90 Å². The predicted octanol–water partition coefficient (Wildman–Crippen LogP) is 2.51. The van der Waals surface area contributed by atoms with Gasteiger partial charge in [-0.2, -0.15) is 0 Å². The van der Waals surface area contributed by atoms with E-state index < -0.39 is 0 Å². The van der Waals surface area contributed by atoms with Gasteiger partial charge in [-0.1, -0.05) is 36.4 Å². The second-order valence-corrected chi connectivity index (χ2v) is 6.30. The molecule has 2 aromatic rings. The van der Waals surface area contributed by atoms with Crippen LogP contribution in [-0.2, 0) is 0 Å². The number of nitrogens with zero attached hydrogens (tertiary/aromatic N) is 2. The minimum absolute atomic E-state index is 0.542. The zero-order valence-electron chi connectivity index (χ0n) is 13.1. The molecule has 114 valence electrons. The fourth-order valence-electron chi connectivity index (χ4n) is 2.72. The Morgan fingerprint density at radius 3 is 1.59 bits per heavy atom. The number of quaternary nitrogens is 1. The van der Waals surface area contributed by atoms with Gasteiger partial charge in [0.1, 0.15) is 0 Å². The maximum absolute atomic E-state index is 5.79. The van der Waals surface area contributed by atoms with Crippen molar-refractivity contribution >= 4 is 28.7 Å². The Labute approximate surface area is 137 Å². The maximum Gasteiger partial charge on any atom is 0.189 e. The van der Waals surface area contributed by atoms with Gasteiger partial charge >= 0.3 is 0 Å². The summed E-state index contributed by atoms with van der Waals surface area (Å²) in [6.45, 7) is 6.33. The lowest BCUT2D eigenvalue weighted by atomic mass is 10.2. The lowest BCUT2D eigenvalue weighted by Crippen LogP contribution is -3.20. The van der Waals surface area contributed by atoms with Crippen molar-refractivity contribution in [2.24, 2.45) is 0 Å². The van der Waals surface area contributed by atoms with Crippen molar-refractivity contribution in [2.45, 2.75) is 19.9 Å². The van der Waals surface area contributed by atoms with Crippen molar-refractivity contribution in [2.75, 3.05) is 23.1 Å². The molecular formula is C18H22N3S+. The van der Waals surface area contributed by atoms with Gasteiger partial charge in [0.25, 0.3) is 0 Å². The van der Waals surface area contributed by atoms with Crippen LogP contribution in [-0.4, -0.2) is 24.5 Å². The zero-order chi connectivity index (χ0) is 15.5. The Hall–Kier alpha value is -1.91. The highest BCUT2D eigenvalue weighted by molar-refractivity contribution is 7.80. The van der Waals surface area contributed by atoms with E-state index in [1.807, 2.05) is 12.1 Å². The molecule has 1 heterocycles. The molecule has 4 heteroatoms. The molecule has 0 aromatic heterocycles. The van der Waals surface area contributed by atoms with Crippen LogP contribution in [0.3, 0.4) is 0 Å². The van der Waals surface area contributed by atoms with Crippen molar-refractivity contribution in [3.63, 3.8) is 0 Å². The molecule has 0 aliphatic carbocycles. The van der Waals surface area contributed by atoms with E-state index in [9.17, 15) is 0 Å². The molecular weight excluding hydrogens is 290 g/mol. The number of hydrogen-bond acceptors (Lipinski definition) is 1. The Balaban J connectivity index is 1.95. The maximum atomic E-state index is 5.79. The number of para-hydroxylation sites is 2. The molecule has 1 N–H and O–H groups in total. The van der Waals surface area contributed by atoms with E-state index in [1.165, 1.54) is 4.90 Å². The molecule has 3 rings (SSSR count). The standard InChI is InChI=1S/C18H21N3S/c1-15(2)19-13-20(16-9-5-3-6-10-16)18(22)21(14-19)17-11-7-4-8-12-17/h3-12,15H,13-14H2,1-2H3/p+1. The summed E-state index contributed by atoms with van der Waals surface area (Å²) in [4.78, 5) is 5.98. The summed E-state index contributed by atoms with van der Waals surface area (Å²) in [6.07, 6.45) is 0. The highest BCUT2D eigenvalue weighted by atomic mass is 32.1. The molecule has 2 aromatic carbocycles. The largest absolute Gasteiger partial charge is 0.298 e. The van der Waals surface area contributed by atoms with Gasteiger partial charge in [0.15, 0.2) is 18.4 Å². The van der Waals surface area contributed by atoms with E-state index in [2.05, 4.69) is 72.2 Å². The number of anilines is 2. The molecule has 0 saturated carbocycles. The molecule has 1 fully saturated rings. The van der Waals surface area contributed by atoms with E-state index in [0.717, 1.165) is 29.8 Å². The zero-order valence-corrected chi connectivity index (χ0v) is 13.9. The smallest absolute Gasteiger partial charge is 0.189 e. The fourth-order valence-corrected chi connectivity index (χ4v) is 3.06. The molecule has 0 unspecified atom stereocenters. The highest BCUT2D eigenvalue weighted by Crippen LogP contribution is 2.20. The predicted molar refractivity (Wildman–Crippen MR) is 96.3 cm³/mol. The average Bonchev–Trinajstić information content (AvgIpc) is 2.56. The van der Waals surface area contributed by atoms with E-state index >= 15 is 0 Å². The van der Waals surface area contributed by atoms with Gasteiger partial charge in [-0.3, -0.25) is 14.7 Å². The monoisotopic (exact) mass is 312 g/mol. The first kappa shape index (κ1) is 15.0. The second kappa shape index (κ2) is 6.46. The van der Waals surface area contributed by atoms with Crippen LogP contribution in [0.5, 0.6) is 0 Å². The first-order valence-corrected chi connectivity index (χ1v) is 8.11. The van der Waals surface area contributed by atoms with Gasteiger partial charge in [-0.15, -0.1) is 0 Å². The number of thiocarbonyl (C=S) groups is 1. The summed E-state index contributed by atoms with van der Waals surface area (Å²) in [6, 6.07) is 21.4. The van der Waals surface area contributed by atoms with Crippen LogP contribution in [0.1, 0.15) is 13.8 Å². The summed E-state index contributed by atoms with van der Waals surface area (Å²) in [5, 5.41) is 0.877. The third-order valence-electron chi connectivity index (χ3n) is 4.14. The quantitative estimate of drug-likeness (QED) is 0.874. The van der Waals surface area contributed by atoms with Crippen LogP contribution in [0.2, 0.25) is 0 Å². The van der Waals surface area contributed by atoms with Gasteiger partial charge in [-0.05, 0) is 50.3 Å². The van der Waals surface area contributed by atoms with Crippen molar-refractivity contribution in [3.05, 3.63) is 60.7 Å². The summed E-state index contributed by atoms with van der Waals surface area (Å²) in [7, 11) is 0. The van der Waals surface area contributed by atoms with Crippen LogP contribution < -0.4 is 14.7 Å². The average molecular weight is 312 g/mol. The first-order valence-electron chi connectivity index (χ1n) is 7.70. The molecule has 0 spiro atoms. The van der Waals surface area contributed by atoms with E-state index in [1.54, 1.807) is 0 Å². The van der Waals surface area contributed by atoms with Gasteiger partial charge in [-0.25, -0.2) is 0 Å². The van der Waals surface area contributed by atoms with Crippen molar-refractivity contribution in [1.82, 2.24) is 0 Å². The Bertz CT molecular complexity index is 576. The molecule has 0 bridgehead atoms. The number of benzene rings is 2. The SMILES string of the molecule is CC(C)[NH+]1CN(c2ccccc2)C(=S)N(c2ccccc2)C1. The molecule has 1 aliphatic heterocycles. The summed E-state index contributed by atoms with van der Waals surface area (Å²) in [5.41, 5.74) is 2.32. The number of hydrogen-bond donors (Lipinski definition) is 1. The molecule has 0 radical (unpaired) electrons. The number of nitrogens with one attached hydrogen (secondary N) is 1. The number of rotatable bonds is 3. The van der Waals surface area contributed by atoms with Crippen molar-refractivity contribution in [1.29, 1.82) is 0 Å². The Morgan fingerprint density at radius 2 is 1.23 bits per heavy atom. The fraction of sp³-hybridized carbons (Fsp3) is 0.278. The Kier molecular flexibility index (Phi) is 4.41. The van der Waals surface area contributed by atoms with Gasteiger partial charge in [0.05, 0.1) is 6.04 Å². The molecule has 0 amide bonds. The van der Waals surface area contributed by atoms with E-state index in [-0.39, 0.29) is 0 Å². The van der Waals surface area contributed by atoms with E-state index in [4.69, 9.17) is 12.2 Å². The van der Waals surface area contributed by atoms with Crippen LogP contribution in [0, 0.1) is 0 Å². The van der Waals surface area contributed by atoms with Gasteiger partial charge in [0, 0.05) is 11.4 Å². The highest BCUT2D eigenvalue weighted by Gasteiger charge is 2.33. The summed E-state index contributed by atoms with van der Waals surface area (Å²) in [5.74, 6) is 0.